The summed E-state index contributed by atoms with van der Waals surface area (Å²) < 4.78 is 46.7. The fourth-order valence-electron chi connectivity index (χ4n) is 3.87. The molecule has 9 heteroatoms. The number of rotatable bonds is 5. The number of anilines is 1. The Balaban J connectivity index is 1.81. The van der Waals surface area contributed by atoms with E-state index in [1.165, 1.54) is 11.0 Å². The van der Waals surface area contributed by atoms with E-state index in [0.29, 0.717) is 38.3 Å². The summed E-state index contributed by atoms with van der Waals surface area (Å²) in [6.45, 7) is 2.73. The molecule has 0 radical (unpaired) electrons. The van der Waals surface area contributed by atoms with E-state index >= 15 is 0 Å². The molecule has 6 nitrogen and oxygen atoms in total. The van der Waals surface area contributed by atoms with Crippen LogP contribution in [-0.2, 0) is 17.5 Å². The fourth-order valence-corrected chi connectivity index (χ4v) is 3.87. The second-order valence-electron chi connectivity index (χ2n) is 7.22. The monoisotopic (exact) mass is 411 g/mol. The summed E-state index contributed by atoms with van der Waals surface area (Å²) in [5.41, 5.74) is 0.123. The van der Waals surface area contributed by atoms with Gasteiger partial charge >= 0.3 is 12.3 Å². The van der Waals surface area contributed by atoms with Gasteiger partial charge in [-0.1, -0.05) is 12.0 Å². The van der Waals surface area contributed by atoms with Gasteiger partial charge in [0.05, 0.1) is 11.7 Å². The molecular formula is C20H24F3N3O3. The van der Waals surface area contributed by atoms with Crippen molar-refractivity contribution in [1.82, 2.24) is 9.80 Å². The summed E-state index contributed by atoms with van der Waals surface area (Å²) >= 11 is 0. The second kappa shape index (κ2) is 8.93. The molecule has 29 heavy (non-hydrogen) atoms. The van der Waals surface area contributed by atoms with Gasteiger partial charge in [0.15, 0.2) is 0 Å². The van der Waals surface area contributed by atoms with Gasteiger partial charge in [0.25, 0.3) is 0 Å². The van der Waals surface area contributed by atoms with E-state index < -0.39 is 17.8 Å². The summed E-state index contributed by atoms with van der Waals surface area (Å²) in [6, 6.07) is 4.25. The predicted molar refractivity (Wildman–Crippen MR) is 102 cm³/mol. The molecule has 2 heterocycles. The number of piperazine rings is 1. The van der Waals surface area contributed by atoms with Crippen molar-refractivity contribution >= 4 is 11.8 Å². The lowest BCUT2D eigenvalue weighted by molar-refractivity contribution is -0.138. The zero-order valence-corrected chi connectivity index (χ0v) is 16.0. The van der Waals surface area contributed by atoms with Crippen LogP contribution in [0, 0.1) is 12.3 Å². The van der Waals surface area contributed by atoms with Crippen molar-refractivity contribution in [2.75, 3.05) is 50.8 Å². The molecule has 3 rings (SSSR count). The summed E-state index contributed by atoms with van der Waals surface area (Å²) in [5, 5.41) is 9.07. The Labute approximate surface area is 167 Å². The molecule has 158 valence electrons. The smallest absolute Gasteiger partial charge is 0.416 e. The average Bonchev–Trinajstić information content (AvgIpc) is 3.15. The molecule has 0 aromatic heterocycles. The van der Waals surface area contributed by atoms with Gasteiger partial charge in [0, 0.05) is 57.1 Å². The molecule has 0 aliphatic carbocycles. The van der Waals surface area contributed by atoms with Gasteiger partial charge in [-0.15, -0.1) is 6.42 Å². The van der Waals surface area contributed by atoms with Gasteiger partial charge in [-0.05, 0) is 18.6 Å². The molecule has 1 N–H and O–H groups in total. The number of benzene rings is 1. The molecule has 0 bridgehead atoms. The zero-order valence-electron chi connectivity index (χ0n) is 16.0. The molecule has 0 spiro atoms. The van der Waals surface area contributed by atoms with E-state index in [4.69, 9.17) is 16.3 Å². The Morgan fingerprint density at radius 1 is 1.24 bits per heavy atom. The lowest BCUT2D eigenvalue weighted by Gasteiger charge is -2.34. The third-order valence-corrected chi connectivity index (χ3v) is 5.37. The van der Waals surface area contributed by atoms with Crippen LogP contribution in [0.15, 0.2) is 18.2 Å². The fraction of sp³-hybridized carbons (Fsp3) is 0.550. The number of amides is 1. The van der Waals surface area contributed by atoms with E-state index in [1.807, 2.05) is 9.80 Å². The van der Waals surface area contributed by atoms with Gasteiger partial charge in [0.1, 0.15) is 6.61 Å². The molecular weight excluding hydrogens is 387 g/mol. The van der Waals surface area contributed by atoms with Gasteiger partial charge < -0.3 is 19.6 Å². The number of ether oxygens (including phenoxy) is 1. The third-order valence-electron chi connectivity index (χ3n) is 5.37. The van der Waals surface area contributed by atoms with Crippen LogP contribution in [0.25, 0.3) is 0 Å². The van der Waals surface area contributed by atoms with Crippen molar-refractivity contribution in [1.29, 1.82) is 0 Å². The van der Waals surface area contributed by atoms with Crippen LogP contribution in [0.1, 0.15) is 17.5 Å². The van der Waals surface area contributed by atoms with E-state index in [2.05, 4.69) is 5.92 Å². The van der Waals surface area contributed by atoms with Crippen LogP contribution in [0.2, 0.25) is 0 Å². The van der Waals surface area contributed by atoms with E-state index in [-0.39, 0.29) is 37.9 Å². The summed E-state index contributed by atoms with van der Waals surface area (Å²) in [4.78, 5) is 16.1. The molecule has 0 unspecified atom stereocenters. The third kappa shape index (κ3) is 5.14. The first-order valence-electron chi connectivity index (χ1n) is 9.49. The van der Waals surface area contributed by atoms with Crippen LogP contribution < -0.4 is 4.90 Å². The Kier molecular flexibility index (Phi) is 6.55. The minimum absolute atomic E-state index is 0.104. The standard InChI is InChI=1S/C20H24F3N3O3/c1-2-12-29-15-6-7-26(13-15)18-5-3-4-17(20(21,22)23)16(18)14-24-8-10-25(11-9-24)19(27)28/h1,3-5,15H,6-14H2,(H,27,28)/t15-/m0/s1. The van der Waals surface area contributed by atoms with Crippen molar-refractivity contribution in [3.8, 4) is 12.3 Å². The van der Waals surface area contributed by atoms with Crippen molar-refractivity contribution in [2.24, 2.45) is 0 Å². The highest BCUT2D eigenvalue weighted by Crippen LogP contribution is 2.38. The molecule has 0 saturated carbocycles. The molecule has 1 amide bonds. The Hall–Kier alpha value is -2.44. The molecule has 1 atom stereocenters. The molecule has 2 saturated heterocycles. The molecule has 2 fully saturated rings. The number of halogens is 3. The van der Waals surface area contributed by atoms with Crippen LogP contribution in [0.5, 0.6) is 0 Å². The lowest BCUT2D eigenvalue weighted by Crippen LogP contribution is -2.48. The minimum Gasteiger partial charge on any atom is -0.465 e. The maximum absolute atomic E-state index is 13.7. The minimum atomic E-state index is -4.46. The highest BCUT2D eigenvalue weighted by atomic mass is 19.4. The van der Waals surface area contributed by atoms with Crippen molar-refractivity contribution in [3.05, 3.63) is 29.3 Å². The molecule has 1 aromatic rings. The van der Waals surface area contributed by atoms with Crippen molar-refractivity contribution in [2.45, 2.75) is 25.2 Å². The maximum atomic E-state index is 13.7. The van der Waals surface area contributed by atoms with Gasteiger partial charge in [0.2, 0.25) is 0 Å². The summed E-state index contributed by atoms with van der Waals surface area (Å²) in [6.07, 6.45) is 0.348. The number of carboxylic acid groups (broad SMARTS) is 1. The maximum Gasteiger partial charge on any atom is 0.416 e. The van der Waals surface area contributed by atoms with Gasteiger partial charge in [-0.25, -0.2) is 4.79 Å². The topological polar surface area (TPSA) is 56.2 Å². The first-order valence-corrected chi connectivity index (χ1v) is 9.49. The van der Waals surface area contributed by atoms with Crippen LogP contribution in [-0.4, -0.2) is 73.0 Å². The first-order chi connectivity index (χ1) is 13.8. The Bertz CT molecular complexity index is 770. The molecule has 2 aliphatic rings. The Morgan fingerprint density at radius 2 is 1.97 bits per heavy atom. The lowest BCUT2D eigenvalue weighted by atomic mass is 10.0. The Morgan fingerprint density at radius 3 is 2.59 bits per heavy atom. The van der Waals surface area contributed by atoms with E-state index in [1.54, 1.807) is 6.07 Å². The summed E-state index contributed by atoms with van der Waals surface area (Å²) in [5.74, 6) is 2.41. The van der Waals surface area contributed by atoms with E-state index in [9.17, 15) is 18.0 Å². The second-order valence-corrected chi connectivity index (χ2v) is 7.22. The van der Waals surface area contributed by atoms with Gasteiger partial charge in [-0.2, -0.15) is 13.2 Å². The number of terminal acetylenes is 1. The first kappa shape index (κ1) is 21.3. The normalized spacial score (nSPS) is 20.7. The van der Waals surface area contributed by atoms with Crippen LogP contribution in [0.3, 0.4) is 0 Å². The van der Waals surface area contributed by atoms with Crippen molar-refractivity contribution < 1.29 is 27.8 Å². The predicted octanol–water partition coefficient (Wildman–Crippen LogP) is 2.73. The van der Waals surface area contributed by atoms with Crippen LogP contribution in [0.4, 0.5) is 23.7 Å². The van der Waals surface area contributed by atoms with Crippen LogP contribution >= 0.6 is 0 Å². The highest BCUT2D eigenvalue weighted by molar-refractivity contribution is 5.65. The molecule has 2 aliphatic heterocycles. The number of hydrogen-bond acceptors (Lipinski definition) is 4. The average molecular weight is 411 g/mol. The van der Waals surface area contributed by atoms with Crippen molar-refractivity contribution in [3.63, 3.8) is 0 Å². The SMILES string of the molecule is C#CCO[C@H]1CCN(c2cccc(C(F)(F)F)c2CN2CCN(C(=O)O)CC2)C1. The number of nitrogens with zero attached hydrogens (tertiary/aromatic N) is 3. The summed E-state index contributed by atoms with van der Waals surface area (Å²) in [7, 11) is 0. The molecule has 1 aromatic carbocycles. The number of carbonyl (C=O) groups is 1. The quantitative estimate of drug-likeness (QED) is 0.756. The van der Waals surface area contributed by atoms with E-state index in [0.717, 1.165) is 6.07 Å². The van der Waals surface area contributed by atoms with Gasteiger partial charge in [-0.3, -0.25) is 4.90 Å². The number of alkyl halides is 3. The largest absolute Gasteiger partial charge is 0.465 e. The zero-order chi connectivity index (χ0) is 21.0. The highest BCUT2D eigenvalue weighted by Gasteiger charge is 2.36. The number of hydrogen-bond donors (Lipinski definition) is 1.